The average molecular weight is 146 g/mol. The molecule has 0 bridgehead atoms. The van der Waals surface area contributed by atoms with E-state index in [0.717, 1.165) is 0 Å². The molecular formula is C7H14O3. The molecule has 0 aromatic rings. The third-order valence-corrected chi connectivity index (χ3v) is 1.14. The van der Waals surface area contributed by atoms with E-state index in [-0.39, 0.29) is 18.6 Å². The van der Waals surface area contributed by atoms with Gasteiger partial charge in [0.15, 0.2) is 0 Å². The van der Waals surface area contributed by atoms with Crippen molar-refractivity contribution in [2.75, 3.05) is 0 Å². The lowest BCUT2D eigenvalue weighted by molar-refractivity contribution is -0.119. The number of hydrogen-bond acceptors (Lipinski definition) is 3. The Morgan fingerprint density at radius 3 is 2.30 bits per heavy atom. The monoisotopic (exact) mass is 146 g/mol. The van der Waals surface area contributed by atoms with Crippen LogP contribution in [0.1, 0.15) is 26.7 Å². The van der Waals surface area contributed by atoms with Crippen LogP contribution < -0.4 is 0 Å². The molecule has 0 rings (SSSR count). The zero-order chi connectivity index (χ0) is 8.15. The molecule has 3 nitrogen and oxygen atoms in total. The highest BCUT2D eigenvalue weighted by atomic mass is 16.3. The van der Waals surface area contributed by atoms with Gasteiger partial charge in [-0.3, -0.25) is 4.79 Å². The van der Waals surface area contributed by atoms with Gasteiger partial charge in [-0.25, -0.2) is 0 Å². The number of hydrogen-bond donors (Lipinski definition) is 2. The maximum atomic E-state index is 10.4. The first-order chi connectivity index (χ1) is 4.52. The fraction of sp³-hybridized carbons (Fsp3) is 0.857. The molecule has 0 saturated heterocycles. The number of aliphatic hydroxyl groups excluding tert-OH is 2. The Labute approximate surface area is 60.7 Å². The van der Waals surface area contributed by atoms with Crippen LogP contribution in [0.25, 0.3) is 0 Å². The van der Waals surface area contributed by atoms with Gasteiger partial charge in [-0.05, 0) is 20.3 Å². The van der Waals surface area contributed by atoms with E-state index >= 15 is 0 Å². The standard InChI is InChI=1S/C7H14O3/c1-5(8)3-7(10)4-6(2)9/h5,7-8,10H,3-4H2,1-2H3. The Morgan fingerprint density at radius 1 is 1.50 bits per heavy atom. The summed E-state index contributed by atoms with van der Waals surface area (Å²) in [6.45, 7) is 3.01. The predicted molar refractivity (Wildman–Crippen MR) is 37.6 cm³/mol. The van der Waals surface area contributed by atoms with Crippen molar-refractivity contribution >= 4 is 5.78 Å². The topological polar surface area (TPSA) is 57.5 Å². The summed E-state index contributed by atoms with van der Waals surface area (Å²) in [5.41, 5.74) is 0. The molecule has 2 atom stereocenters. The van der Waals surface area contributed by atoms with Crippen molar-refractivity contribution in [1.82, 2.24) is 0 Å². The highest BCUT2D eigenvalue weighted by molar-refractivity contribution is 5.75. The van der Waals surface area contributed by atoms with Gasteiger partial charge in [0, 0.05) is 6.42 Å². The summed E-state index contributed by atoms with van der Waals surface area (Å²) in [4.78, 5) is 10.4. The maximum Gasteiger partial charge on any atom is 0.132 e. The molecule has 0 aromatic carbocycles. The minimum Gasteiger partial charge on any atom is -0.393 e. The van der Waals surface area contributed by atoms with Crippen LogP contribution in [0.5, 0.6) is 0 Å². The molecule has 0 fully saturated rings. The zero-order valence-electron chi connectivity index (χ0n) is 6.37. The third-order valence-electron chi connectivity index (χ3n) is 1.14. The summed E-state index contributed by atoms with van der Waals surface area (Å²) in [6.07, 6.45) is -0.795. The van der Waals surface area contributed by atoms with Crippen LogP contribution in [-0.2, 0) is 4.79 Å². The summed E-state index contributed by atoms with van der Waals surface area (Å²) < 4.78 is 0. The molecule has 0 heterocycles. The van der Waals surface area contributed by atoms with Crippen LogP contribution in [0.4, 0.5) is 0 Å². The van der Waals surface area contributed by atoms with Crippen LogP contribution in [0.2, 0.25) is 0 Å². The van der Waals surface area contributed by atoms with E-state index < -0.39 is 12.2 Å². The van der Waals surface area contributed by atoms with E-state index in [4.69, 9.17) is 10.2 Å². The third kappa shape index (κ3) is 5.72. The quantitative estimate of drug-likeness (QED) is 0.591. The molecule has 0 aliphatic heterocycles. The minimum absolute atomic E-state index is 0.0480. The Balaban J connectivity index is 3.43. The van der Waals surface area contributed by atoms with E-state index in [1.54, 1.807) is 6.92 Å². The lowest BCUT2D eigenvalue weighted by Gasteiger charge is -2.09. The van der Waals surface area contributed by atoms with Gasteiger partial charge in [0.25, 0.3) is 0 Å². The smallest absolute Gasteiger partial charge is 0.132 e. The van der Waals surface area contributed by atoms with Crippen molar-refractivity contribution in [2.24, 2.45) is 0 Å². The van der Waals surface area contributed by atoms with E-state index in [1.807, 2.05) is 0 Å². The SMILES string of the molecule is CC(=O)CC(O)CC(C)O. The number of carbonyl (C=O) groups excluding carboxylic acids is 1. The first-order valence-electron chi connectivity index (χ1n) is 3.38. The fourth-order valence-electron chi connectivity index (χ4n) is 0.809. The highest BCUT2D eigenvalue weighted by Gasteiger charge is 2.09. The Morgan fingerprint density at radius 2 is 2.00 bits per heavy atom. The summed E-state index contributed by atoms with van der Waals surface area (Å²) in [6, 6.07) is 0. The van der Waals surface area contributed by atoms with Crippen molar-refractivity contribution in [3.8, 4) is 0 Å². The molecular weight excluding hydrogens is 132 g/mol. The van der Waals surface area contributed by atoms with Gasteiger partial charge in [-0.1, -0.05) is 0 Å². The van der Waals surface area contributed by atoms with Crippen molar-refractivity contribution < 1.29 is 15.0 Å². The van der Waals surface area contributed by atoms with Gasteiger partial charge in [0.2, 0.25) is 0 Å². The second kappa shape index (κ2) is 4.41. The molecule has 3 heteroatoms. The van der Waals surface area contributed by atoms with Gasteiger partial charge in [-0.15, -0.1) is 0 Å². The molecule has 0 amide bonds. The predicted octanol–water partition coefficient (Wildman–Crippen LogP) is 0.0973. The first-order valence-corrected chi connectivity index (χ1v) is 3.38. The molecule has 0 aliphatic rings. The average Bonchev–Trinajstić information content (AvgIpc) is 1.58. The number of Topliss-reactive ketones (excluding diaryl/α,β-unsaturated/α-hetero) is 1. The Kier molecular flexibility index (Phi) is 4.23. The Bertz CT molecular complexity index is 109. The second-order valence-electron chi connectivity index (χ2n) is 2.64. The lowest BCUT2D eigenvalue weighted by Crippen LogP contribution is -2.17. The normalized spacial score (nSPS) is 16.4. The molecule has 0 radical (unpaired) electrons. The maximum absolute atomic E-state index is 10.4. The largest absolute Gasteiger partial charge is 0.393 e. The molecule has 2 N–H and O–H groups in total. The summed E-state index contributed by atoms with van der Waals surface area (Å²) >= 11 is 0. The van der Waals surface area contributed by atoms with Crippen molar-refractivity contribution in [3.05, 3.63) is 0 Å². The molecule has 10 heavy (non-hydrogen) atoms. The van der Waals surface area contributed by atoms with Crippen LogP contribution in [0.15, 0.2) is 0 Å². The number of rotatable bonds is 4. The first kappa shape index (κ1) is 9.59. The summed E-state index contributed by atoms with van der Waals surface area (Å²) in [7, 11) is 0. The van der Waals surface area contributed by atoms with Gasteiger partial charge >= 0.3 is 0 Å². The van der Waals surface area contributed by atoms with Crippen LogP contribution >= 0.6 is 0 Å². The zero-order valence-corrected chi connectivity index (χ0v) is 6.37. The lowest BCUT2D eigenvalue weighted by atomic mass is 10.1. The number of aliphatic hydroxyl groups is 2. The number of carbonyl (C=O) groups is 1. The van der Waals surface area contributed by atoms with Gasteiger partial charge < -0.3 is 10.2 Å². The van der Waals surface area contributed by atoms with Crippen LogP contribution in [0.3, 0.4) is 0 Å². The van der Waals surface area contributed by atoms with Crippen molar-refractivity contribution in [2.45, 2.75) is 38.9 Å². The van der Waals surface area contributed by atoms with E-state index in [2.05, 4.69) is 0 Å². The second-order valence-corrected chi connectivity index (χ2v) is 2.64. The Hall–Kier alpha value is -0.410. The fourth-order valence-corrected chi connectivity index (χ4v) is 0.809. The van der Waals surface area contributed by atoms with Gasteiger partial charge in [0.1, 0.15) is 5.78 Å². The summed E-state index contributed by atoms with van der Waals surface area (Å²) in [5.74, 6) is -0.0480. The van der Waals surface area contributed by atoms with E-state index in [9.17, 15) is 4.79 Å². The highest BCUT2D eigenvalue weighted by Crippen LogP contribution is 2.01. The molecule has 0 aromatic heterocycles. The van der Waals surface area contributed by atoms with Crippen LogP contribution in [-0.4, -0.2) is 28.2 Å². The molecule has 0 spiro atoms. The van der Waals surface area contributed by atoms with E-state index in [0.29, 0.717) is 0 Å². The molecule has 2 unspecified atom stereocenters. The van der Waals surface area contributed by atoms with Gasteiger partial charge in [-0.2, -0.15) is 0 Å². The number of ketones is 1. The molecule has 60 valence electrons. The minimum atomic E-state index is -0.683. The molecule has 0 aliphatic carbocycles. The summed E-state index contributed by atoms with van der Waals surface area (Å²) in [5, 5.41) is 17.8. The van der Waals surface area contributed by atoms with Gasteiger partial charge in [0.05, 0.1) is 12.2 Å². The molecule has 0 saturated carbocycles. The van der Waals surface area contributed by atoms with Crippen molar-refractivity contribution in [1.29, 1.82) is 0 Å². The van der Waals surface area contributed by atoms with E-state index in [1.165, 1.54) is 6.92 Å². The van der Waals surface area contributed by atoms with Crippen LogP contribution in [0, 0.1) is 0 Å². The van der Waals surface area contributed by atoms with Crippen molar-refractivity contribution in [3.63, 3.8) is 0 Å².